The van der Waals surface area contributed by atoms with Crippen LogP contribution in [0.1, 0.15) is 22.6 Å². The van der Waals surface area contributed by atoms with E-state index in [0.29, 0.717) is 23.9 Å². The molecule has 0 N–H and O–H groups in total. The number of benzene rings is 2. The van der Waals surface area contributed by atoms with E-state index in [0.717, 1.165) is 28.8 Å². The Morgan fingerprint density at radius 2 is 1.83 bits per heavy atom. The second-order valence-corrected chi connectivity index (χ2v) is 9.41. The van der Waals surface area contributed by atoms with Crippen molar-refractivity contribution in [2.45, 2.75) is 26.0 Å². The van der Waals surface area contributed by atoms with Crippen molar-refractivity contribution < 1.29 is 17.6 Å². The highest BCUT2D eigenvalue weighted by Gasteiger charge is 2.29. The molecule has 4 rings (SSSR count). The van der Waals surface area contributed by atoms with Gasteiger partial charge >= 0.3 is 0 Å². The van der Waals surface area contributed by atoms with Crippen LogP contribution in [0.3, 0.4) is 0 Å². The molecule has 0 spiro atoms. The van der Waals surface area contributed by atoms with Crippen LogP contribution < -0.4 is 4.90 Å². The number of amides is 1. The molecule has 0 bridgehead atoms. The van der Waals surface area contributed by atoms with Crippen LogP contribution in [-0.2, 0) is 26.8 Å². The van der Waals surface area contributed by atoms with Crippen molar-refractivity contribution in [1.29, 1.82) is 0 Å². The summed E-state index contributed by atoms with van der Waals surface area (Å²) in [5.41, 5.74) is 4.10. The molecule has 2 heterocycles. The molecule has 1 aromatic heterocycles. The number of aryl methyl sites for hydroxylation is 2. The Hall–Kier alpha value is -2.93. The molecular weight excluding hydrogens is 388 g/mol. The molecule has 1 amide bonds. The first-order valence-corrected chi connectivity index (χ1v) is 11.3. The van der Waals surface area contributed by atoms with Gasteiger partial charge in [-0.15, -0.1) is 0 Å². The number of anilines is 1. The van der Waals surface area contributed by atoms with Crippen molar-refractivity contribution in [2.75, 3.05) is 17.2 Å². The number of carbonyl (C=O) groups excluding carboxylic acids is 1. The average Bonchev–Trinajstić information content (AvgIpc) is 3.25. The van der Waals surface area contributed by atoms with Gasteiger partial charge in [-0.05, 0) is 44.0 Å². The van der Waals surface area contributed by atoms with Crippen LogP contribution in [0.5, 0.6) is 0 Å². The fraction of sp³-hybridized carbons (Fsp3) is 0.273. The van der Waals surface area contributed by atoms with Crippen molar-refractivity contribution in [3.8, 4) is 11.5 Å². The van der Waals surface area contributed by atoms with E-state index in [9.17, 15) is 13.2 Å². The zero-order valence-corrected chi connectivity index (χ0v) is 17.2. The molecule has 1 aliphatic heterocycles. The summed E-state index contributed by atoms with van der Waals surface area (Å²) in [7, 11) is -3.69. The van der Waals surface area contributed by atoms with Crippen LogP contribution in [0, 0.1) is 13.8 Å². The van der Waals surface area contributed by atoms with Gasteiger partial charge < -0.3 is 9.32 Å². The lowest BCUT2D eigenvalue weighted by Gasteiger charge is -2.17. The van der Waals surface area contributed by atoms with Crippen molar-refractivity contribution >= 4 is 21.4 Å². The number of hydrogen-bond donors (Lipinski definition) is 0. The van der Waals surface area contributed by atoms with E-state index in [1.54, 1.807) is 11.8 Å². The first-order chi connectivity index (χ1) is 13.8. The highest BCUT2D eigenvalue weighted by Crippen LogP contribution is 2.28. The van der Waals surface area contributed by atoms with Gasteiger partial charge in [-0.3, -0.25) is 4.79 Å². The summed E-state index contributed by atoms with van der Waals surface area (Å²) in [5, 5.41) is 0. The SMILES string of the molecule is Cc1ccc(-c2nc(CS(=O)(=O)CC(=O)N3CCc4ccccc43)c(C)o2)cc1. The number of carbonyl (C=O) groups is 1. The zero-order chi connectivity index (χ0) is 20.6. The highest BCUT2D eigenvalue weighted by atomic mass is 32.2. The predicted molar refractivity (Wildman–Crippen MR) is 111 cm³/mol. The van der Waals surface area contributed by atoms with Crippen LogP contribution in [0.2, 0.25) is 0 Å². The Bertz CT molecular complexity index is 1160. The van der Waals surface area contributed by atoms with Gasteiger partial charge in [-0.25, -0.2) is 13.4 Å². The summed E-state index contributed by atoms with van der Waals surface area (Å²) in [6.45, 7) is 4.18. The van der Waals surface area contributed by atoms with Gasteiger partial charge in [0, 0.05) is 17.8 Å². The quantitative estimate of drug-likeness (QED) is 0.643. The number of fused-ring (bicyclic) bond motifs is 1. The second-order valence-electron chi connectivity index (χ2n) is 7.34. The lowest BCUT2D eigenvalue weighted by atomic mass is 10.1. The Kier molecular flexibility index (Phi) is 5.00. The van der Waals surface area contributed by atoms with Crippen molar-refractivity contribution in [1.82, 2.24) is 4.98 Å². The average molecular weight is 410 g/mol. The number of rotatable bonds is 5. The third-order valence-electron chi connectivity index (χ3n) is 5.08. The fourth-order valence-electron chi connectivity index (χ4n) is 3.50. The maximum absolute atomic E-state index is 12.7. The largest absolute Gasteiger partial charge is 0.441 e. The molecule has 0 saturated heterocycles. The molecule has 6 nitrogen and oxygen atoms in total. The first-order valence-electron chi connectivity index (χ1n) is 9.44. The van der Waals surface area contributed by atoms with E-state index in [4.69, 9.17) is 4.42 Å². The second kappa shape index (κ2) is 7.48. The number of hydrogen-bond acceptors (Lipinski definition) is 5. The Morgan fingerprint density at radius 1 is 1.10 bits per heavy atom. The van der Waals surface area contributed by atoms with Crippen LogP contribution in [0.25, 0.3) is 11.5 Å². The van der Waals surface area contributed by atoms with Gasteiger partial charge in [0.25, 0.3) is 0 Å². The third kappa shape index (κ3) is 4.10. The highest BCUT2D eigenvalue weighted by molar-refractivity contribution is 7.91. The summed E-state index contributed by atoms with van der Waals surface area (Å²) in [4.78, 5) is 18.6. The maximum Gasteiger partial charge on any atom is 0.242 e. The minimum atomic E-state index is -3.69. The monoisotopic (exact) mass is 410 g/mol. The van der Waals surface area contributed by atoms with Crippen molar-refractivity contribution in [3.63, 3.8) is 0 Å². The summed E-state index contributed by atoms with van der Waals surface area (Å²) in [6, 6.07) is 15.2. The first kappa shape index (κ1) is 19.4. The van der Waals surface area contributed by atoms with E-state index < -0.39 is 21.5 Å². The number of nitrogens with zero attached hydrogens (tertiary/aromatic N) is 2. The lowest BCUT2D eigenvalue weighted by molar-refractivity contribution is -0.116. The van der Waals surface area contributed by atoms with Gasteiger partial charge in [0.15, 0.2) is 9.84 Å². The summed E-state index contributed by atoms with van der Waals surface area (Å²) < 4.78 is 31.1. The standard InChI is InChI=1S/C22H22N2O4S/c1-15-7-9-18(10-8-15)22-23-19(16(2)28-22)13-29(26,27)14-21(25)24-12-11-17-5-3-4-6-20(17)24/h3-10H,11-14H2,1-2H3. The summed E-state index contributed by atoms with van der Waals surface area (Å²) in [5.74, 6) is -0.450. The Labute approximate surface area is 170 Å². The minimum absolute atomic E-state index is 0.324. The number of aromatic nitrogens is 1. The number of sulfone groups is 1. The van der Waals surface area contributed by atoms with Gasteiger partial charge in [0.1, 0.15) is 11.5 Å². The van der Waals surface area contributed by atoms with Crippen LogP contribution >= 0.6 is 0 Å². The fourth-order valence-corrected chi connectivity index (χ4v) is 4.82. The van der Waals surface area contributed by atoms with Crippen LogP contribution in [0.4, 0.5) is 5.69 Å². The molecule has 29 heavy (non-hydrogen) atoms. The minimum Gasteiger partial charge on any atom is -0.441 e. The zero-order valence-electron chi connectivity index (χ0n) is 16.4. The third-order valence-corrected chi connectivity index (χ3v) is 6.48. The summed E-state index contributed by atoms with van der Waals surface area (Å²) >= 11 is 0. The van der Waals surface area contributed by atoms with Gasteiger partial charge in [-0.2, -0.15) is 0 Å². The molecule has 2 aromatic carbocycles. The maximum atomic E-state index is 12.7. The van der Waals surface area contributed by atoms with Gasteiger partial charge in [-0.1, -0.05) is 35.9 Å². The molecule has 0 fully saturated rings. The Morgan fingerprint density at radius 3 is 2.59 bits per heavy atom. The van der Waals surface area contributed by atoms with Crippen LogP contribution in [0.15, 0.2) is 52.9 Å². The lowest BCUT2D eigenvalue weighted by Crippen LogP contribution is -2.34. The van der Waals surface area contributed by atoms with Gasteiger partial charge in [0.05, 0.1) is 11.4 Å². The predicted octanol–water partition coefficient (Wildman–Crippen LogP) is 3.46. The molecule has 0 aliphatic carbocycles. The van der Waals surface area contributed by atoms with Crippen molar-refractivity contribution in [3.05, 3.63) is 71.1 Å². The molecule has 0 saturated carbocycles. The summed E-state index contributed by atoms with van der Waals surface area (Å²) in [6.07, 6.45) is 0.740. The van der Waals surface area contributed by atoms with E-state index in [2.05, 4.69) is 4.98 Å². The van der Waals surface area contributed by atoms with E-state index in [-0.39, 0.29) is 5.75 Å². The number of para-hydroxylation sites is 1. The van der Waals surface area contributed by atoms with E-state index in [1.165, 1.54) is 0 Å². The molecule has 0 unspecified atom stereocenters. The Balaban J connectivity index is 1.49. The smallest absolute Gasteiger partial charge is 0.242 e. The van der Waals surface area contributed by atoms with Crippen LogP contribution in [-0.4, -0.2) is 31.6 Å². The number of oxazole rings is 1. The topological polar surface area (TPSA) is 80.5 Å². The van der Waals surface area contributed by atoms with Crippen molar-refractivity contribution in [2.24, 2.45) is 0 Å². The van der Waals surface area contributed by atoms with E-state index >= 15 is 0 Å². The van der Waals surface area contributed by atoms with Gasteiger partial charge in [0.2, 0.25) is 11.8 Å². The molecule has 7 heteroatoms. The molecule has 150 valence electrons. The molecule has 0 radical (unpaired) electrons. The molecular formula is C22H22N2O4S. The normalized spacial score (nSPS) is 13.5. The molecule has 0 atom stereocenters. The molecule has 3 aromatic rings. The molecule has 1 aliphatic rings. The van der Waals surface area contributed by atoms with E-state index in [1.807, 2.05) is 55.5 Å².